The zero-order valence-electron chi connectivity index (χ0n) is 32.0. The molecule has 288 valence electrons. The molecule has 4 aromatic rings. The summed E-state index contributed by atoms with van der Waals surface area (Å²) in [5, 5.41) is 1.97. The highest BCUT2D eigenvalue weighted by Gasteiger charge is 2.57. The van der Waals surface area contributed by atoms with E-state index in [0.717, 1.165) is 21.5 Å². The quantitative estimate of drug-likeness (QED) is 0.0585. The van der Waals surface area contributed by atoms with E-state index in [1.807, 2.05) is 74.5 Å². The van der Waals surface area contributed by atoms with E-state index in [9.17, 15) is 4.79 Å². The molecule has 2 aliphatic rings. The summed E-state index contributed by atoms with van der Waals surface area (Å²) < 4.78 is 46.4. The summed E-state index contributed by atoms with van der Waals surface area (Å²) in [5.41, 5.74) is 2.13. The van der Waals surface area contributed by atoms with Gasteiger partial charge in [-0.2, -0.15) is 0 Å². The van der Waals surface area contributed by atoms with Crippen LogP contribution >= 0.6 is 22.6 Å². The van der Waals surface area contributed by atoms with E-state index in [4.69, 9.17) is 32.8 Å². The largest absolute Gasteiger partial charge is 0.457 e. The molecule has 2 aliphatic heterocycles. The number of ether oxygens (including phenoxy) is 6. The van der Waals surface area contributed by atoms with Gasteiger partial charge in [-0.05, 0) is 40.4 Å². The van der Waals surface area contributed by atoms with Crippen LogP contribution in [0.15, 0.2) is 121 Å². The van der Waals surface area contributed by atoms with Crippen LogP contribution in [0.25, 0.3) is 0 Å². The van der Waals surface area contributed by atoms with E-state index >= 15 is 0 Å². The van der Waals surface area contributed by atoms with Gasteiger partial charge in [-0.1, -0.05) is 165 Å². The average molecular weight is 865 g/mol. The molecule has 0 radical (unpaired) electrons. The van der Waals surface area contributed by atoms with Crippen molar-refractivity contribution in [2.24, 2.45) is 0 Å². The van der Waals surface area contributed by atoms with Crippen LogP contribution in [0.3, 0.4) is 0 Å². The minimum atomic E-state index is -3.08. The van der Waals surface area contributed by atoms with E-state index in [1.165, 1.54) is 6.92 Å². The second-order valence-electron chi connectivity index (χ2n) is 15.2. The molecule has 0 N–H and O–H groups in total. The maximum absolute atomic E-state index is 12.7. The maximum Gasteiger partial charge on any atom is 0.303 e. The molecule has 2 fully saturated rings. The van der Waals surface area contributed by atoms with Crippen molar-refractivity contribution in [2.75, 3.05) is 0 Å². The Morgan fingerprint density at radius 2 is 1.19 bits per heavy atom. The van der Waals surface area contributed by atoms with Crippen LogP contribution in [0.4, 0.5) is 0 Å². The lowest BCUT2D eigenvalue weighted by molar-refractivity contribution is -0.314. The normalized spacial score (nSPS) is 27.6. The van der Waals surface area contributed by atoms with Gasteiger partial charge in [-0.25, -0.2) is 0 Å². The molecule has 10 heteroatoms. The van der Waals surface area contributed by atoms with Gasteiger partial charge < -0.3 is 32.8 Å². The molecule has 8 nitrogen and oxygen atoms in total. The van der Waals surface area contributed by atoms with Crippen LogP contribution < -0.4 is 10.4 Å². The van der Waals surface area contributed by atoms with Crippen molar-refractivity contribution in [2.45, 2.75) is 119 Å². The maximum atomic E-state index is 12.7. The van der Waals surface area contributed by atoms with Gasteiger partial charge in [0.15, 0.2) is 18.7 Å². The second-order valence-corrected chi connectivity index (χ2v) is 20.9. The molecule has 0 unspecified atom stereocenters. The SMILES string of the molecule is CC(=O)O[C@@H]1[C@H](O[Si](c2ccccc2)(c2ccccc2)C(C)(C)C)[C@@H](I)[C@H](O[C@H]2[C@H](C)O[C@@H](OCc3ccccc3)C[C@H]2OCc2ccccc2)O[C@H]1C. The van der Waals surface area contributed by atoms with Gasteiger partial charge in [0.05, 0.1) is 35.5 Å². The molecule has 54 heavy (non-hydrogen) atoms. The van der Waals surface area contributed by atoms with Crippen molar-refractivity contribution >= 4 is 47.3 Å². The molecule has 0 aliphatic carbocycles. The lowest BCUT2D eigenvalue weighted by atomic mass is 10.00. The second kappa shape index (κ2) is 18.3. The Bertz CT molecular complexity index is 1700. The van der Waals surface area contributed by atoms with Crippen molar-refractivity contribution < 1.29 is 37.6 Å². The van der Waals surface area contributed by atoms with Gasteiger partial charge in [0, 0.05) is 13.3 Å². The van der Waals surface area contributed by atoms with Crippen LogP contribution in [0.5, 0.6) is 0 Å². The number of hydrogen-bond donors (Lipinski definition) is 0. The fourth-order valence-electron chi connectivity index (χ4n) is 7.62. The summed E-state index contributed by atoms with van der Waals surface area (Å²) in [5.74, 6) is -0.389. The number of halogens is 1. The third-order valence-electron chi connectivity index (χ3n) is 10.2. The van der Waals surface area contributed by atoms with E-state index in [-0.39, 0.29) is 27.1 Å². The number of rotatable bonds is 13. The van der Waals surface area contributed by atoms with E-state index < -0.39 is 45.3 Å². The molecule has 2 heterocycles. The summed E-state index contributed by atoms with van der Waals surface area (Å²) in [6, 6.07) is 41.2. The van der Waals surface area contributed by atoms with Crippen molar-refractivity contribution in [3.8, 4) is 0 Å². The van der Waals surface area contributed by atoms with Gasteiger partial charge in [-0.3, -0.25) is 4.79 Å². The molecule has 0 amide bonds. The zero-order chi connectivity index (χ0) is 38.3. The van der Waals surface area contributed by atoms with Crippen molar-refractivity contribution in [1.82, 2.24) is 0 Å². The zero-order valence-corrected chi connectivity index (χ0v) is 35.2. The molecular weight excluding hydrogens is 811 g/mol. The molecule has 4 aromatic carbocycles. The Morgan fingerprint density at radius 1 is 0.704 bits per heavy atom. The molecule has 0 aromatic heterocycles. The number of benzene rings is 4. The molecule has 0 bridgehead atoms. The third kappa shape index (κ3) is 9.53. The minimum absolute atomic E-state index is 0.304. The Balaban J connectivity index is 1.31. The summed E-state index contributed by atoms with van der Waals surface area (Å²) in [4.78, 5) is 12.7. The van der Waals surface area contributed by atoms with Crippen LogP contribution in [-0.4, -0.2) is 67.4 Å². The lowest BCUT2D eigenvalue weighted by Crippen LogP contribution is -2.71. The van der Waals surface area contributed by atoms with E-state index in [1.54, 1.807) is 0 Å². The highest BCUT2D eigenvalue weighted by atomic mass is 127. The first-order valence-electron chi connectivity index (χ1n) is 18.8. The smallest absolute Gasteiger partial charge is 0.303 e. The number of hydrogen-bond acceptors (Lipinski definition) is 8. The molecule has 2 saturated heterocycles. The number of alkyl halides is 1. The monoisotopic (exact) mass is 864 g/mol. The Hall–Kier alpha value is -2.94. The average Bonchev–Trinajstić information content (AvgIpc) is 3.17. The molecule has 0 spiro atoms. The van der Waals surface area contributed by atoms with Crippen LogP contribution in [0, 0.1) is 0 Å². The number of esters is 1. The van der Waals surface area contributed by atoms with E-state index in [2.05, 4.69) is 104 Å². The minimum Gasteiger partial charge on any atom is -0.457 e. The Labute approximate surface area is 335 Å². The molecule has 9 atom stereocenters. The standard InChI is InChI=1S/C44H53IO8Si/c1-30-40(37(47-28-33-19-11-7-12-20-33)27-38(49-30)48-29-34-21-13-8-14-22-34)52-43-39(45)42(41(31(2)50-43)51-32(3)46)53-54(44(4,5)6,35-23-15-9-16-24-35)36-25-17-10-18-26-36/h7-26,30-31,37-43H,27-29H2,1-6H3/t30-,31-,37+,38+,39+,40-,41-,42+,43-/m0/s1. The Morgan fingerprint density at radius 3 is 1.69 bits per heavy atom. The number of carbonyl (C=O) groups is 1. The van der Waals surface area contributed by atoms with Crippen LogP contribution in [0.1, 0.15) is 59.1 Å². The summed E-state index contributed by atoms with van der Waals surface area (Å²) in [6.07, 6.45) is -3.74. The van der Waals surface area contributed by atoms with E-state index in [0.29, 0.717) is 19.6 Å². The van der Waals surface area contributed by atoms with Gasteiger partial charge in [0.1, 0.15) is 12.2 Å². The molecule has 6 rings (SSSR count). The first kappa shape index (κ1) is 40.7. The fraction of sp³-hybridized carbons (Fsp3) is 0.432. The van der Waals surface area contributed by atoms with Gasteiger partial charge in [0.2, 0.25) is 0 Å². The predicted molar refractivity (Wildman–Crippen MR) is 220 cm³/mol. The Kier molecular flexibility index (Phi) is 13.8. The summed E-state index contributed by atoms with van der Waals surface area (Å²) in [7, 11) is -3.08. The van der Waals surface area contributed by atoms with Crippen molar-refractivity contribution in [3.63, 3.8) is 0 Å². The molecular formula is C44H53IO8Si. The first-order chi connectivity index (χ1) is 26.0. The van der Waals surface area contributed by atoms with Gasteiger partial charge in [-0.15, -0.1) is 0 Å². The van der Waals surface area contributed by atoms with Crippen molar-refractivity contribution in [3.05, 3.63) is 132 Å². The van der Waals surface area contributed by atoms with Crippen molar-refractivity contribution in [1.29, 1.82) is 0 Å². The lowest BCUT2D eigenvalue weighted by Gasteiger charge is -2.51. The van der Waals surface area contributed by atoms with Gasteiger partial charge >= 0.3 is 5.97 Å². The predicted octanol–water partition coefficient (Wildman–Crippen LogP) is 7.73. The summed E-state index contributed by atoms with van der Waals surface area (Å²) in [6.45, 7) is 12.9. The number of carbonyl (C=O) groups excluding carboxylic acids is 1. The van der Waals surface area contributed by atoms with Crippen LogP contribution in [0.2, 0.25) is 5.04 Å². The summed E-state index contributed by atoms with van der Waals surface area (Å²) >= 11 is 2.37. The topological polar surface area (TPSA) is 81.7 Å². The highest BCUT2D eigenvalue weighted by molar-refractivity contribution is 14.1. The third-order valence-corrected chi connectivity index (χ3v) is 16.6. The molecule has 0 saturated carbocycles. The highest BCUT2D eigenvalue weighted by Crippen LogP contribution is 2.42. The fourth-order valence-corrected chi connectivity index (χ4v) is 13.5. The first-order valence-corrected chi connectivity index (χ1v) is 22.0. The van der Waals surface area contributed by atoms with Crippen LogP contribution in [-0.2, 0) is 50.9 Å². The van der Waals surface area contributed by atoms with Gasteiger partial charge in [0.25, 0.3) is 8.32 Å².